The monoisotopic (exact) mass is 317 g/mol. The Bertz CT molecular complexity index is 655. The fourth-order valence-electron chi connectivity index (χ4n) is 2.00. The van der Waals surface area contributed by atoms with E-state index in [9.17, 15) is 4.79 Å². The van der Waals surface area contributed by atoms with Gasteiger partial charge >= 0.3 is 0 Å². The van der Waals surface area contributed by atoms with Crippen molar-refractivity contribution in [3.05, 3.63) is 58.6 Å². The molecule has 0 fully saturated rings. The predicted molar refractivity (Wildman–Crippen MR) is 91.0 cm³/mol. The van der Waals surface area contributed by atoms with Gasteiger partial charge in [0.25, 0.3) is 5.91 Å². The van der Waals surface area contributed by atoms with Gasteiger partial charge in [-0.15, -0.1) is 0 Å². The highest BCUT2D eigenvalue weighted by Crippen LogP contribution is 2.24. The molecule has 1 N–H and O–H groups in total. The average Bonchev–Trinajstić information content (AvgIpc) is 2.52. The molecule has 0 atom stereocenters. The van der Waals surface area contributed by atoms with Crippen molar-refractivity contribution in [1.29, 1.82) is 0 Å². The van der Waals surface area contributed by atoms with E-state index in [0.29, 0.717) is 22.9 Å². The highest BCUT2D eigenvalue weighted by molar-refractivity contribution is 6.31. The van der Waals surface area contributed by atoms with E-state index in [4.69, 9.17) is 16.3 Å². The molecular formula is C18H20ClNO2. The normalized spacial score (nSPS) is 10.3. The fraction of sp³-hybridized carbons (Fsp3) is 0.278. The van der Waals surface area contributed by atoms with E-state index >= 15 is 0 Å². The van der Waals surface area contributed by atoms with Crippen molar-refractivity contribution in [1.82, 2.24) is 0 Å². The standard InChI is InChI=1S/C18H20ClNO2/c1-3-4-11-22-15-8-5-7-14(12-15)18(21)20-17-10-6-9-16(19)13(17)2/h5-10,12H,3-4,11H2,1-2H3,(H,20,21). The first kappa shape index (κ1) is 16.4. The number of carbonyl (C=O) groups excluding carboxylic acids is 1. The van der Waals surface area contributed by atoms with Crippen LogP contribution in [0.3, 0.4) is 0 Å². The van der Waals surface area contributed by atoms with Gasteiger partial charge in [-0.3, -0.25) is 4.79 Å². The Morgan fingerprint density at radius 3 is 2.77 bits per heavy atom. The van der Waals surface area contributed by atoms with Gasteiger partial charge in [-0.1, -0.05) is 37.1 Å². The summed E-state index contributed by atoms with van der Waals surface area (Å²) in [4.78, 5) is 12.4. The average molecular weight is 318 g/mol. The predicted octanol–water partition coefficient (Wildman–Crippen LogP) is 5.08. The zero-order valence-electron chi connectivity index (χ0n) is 12.9. The number of benzene rings is 2. The van der Waals surface area contributed by atoms with Crippen molar-refractivity contribution in [2.45, 2.75) is 26.7 Å². The minimum Gasteiger partial charge on any atom is -0.494 e. The molecule has 22 heavy (non-hydrogen) atoms. The summed E-state index contributed by atoms with van der Waals surface area (Å²) < 4.78 is 5.63. The smallest absolute Gasteiger partial charge is 0.255 e. The molecule has 0 saturated carbocycles. The molecule has 0 aliphatic carbocycles. The van der Waals surface area contributed by atoms with E-state index in [2.05, 4.69) is 12.2 Å². The van der Waals surface area contributed by atoms with Gasteiger partial charge in [-0.2, -0.15) is 0 Å². The molecule has 0 unspecified atom stereocenters. The summed E-state index contributed by atoms with van der Waals surface area (Å²) in [5.41, 5.74) is 2.14. The first-order valence-corrected chi connectivity index (χ1v) is 7.79. The first-order valence-electron chi connectivity index (χ1n) is 7.41. The van der Waals surface area contributed by atoms with Crippen molar-refractivity contribution < 1.29 is 9.53 Å². The summed E-state index contributed by atoms with van der Waals surface area (Å²) in [6, 6.07) is 12.6. The number of halogens is 1. The third-order valence-electron chi connectivity index (χ3n) is 3.38. The van der Waals surface area contributed by atoms with E-state index in [1.807, 2.05) is 31.2 Å². The van der Waals surface area contributed by atoms with Crippen molar-refractivity contribution >= 4 is 23.2 Å². The molecule has 0 aliphatic rings. The third kappa shape index (κ3) is 4.25. The molecule has 1 amide bonds. The van der Waals surface area contributed by atoms with Crippen LogP contribution >= 0.6 is 11.6 Å². The number of unbranched alkanes of at least 4 members (excludes halogenated alkanes) is 1. The molecule has 2 aromatic carbocycles. The second-order valence-corrected chi connectivity index (χ2v) is 5.50. The van der Waals surface area contributed by atoms with E-state index in [1.54, 1.807) is 18.2 Å². The third-order valence-corrected chi connectivity index (χ3v) is 3.79. The Balaban J connectivity index is 2.09. The van der Waals surface area contributed by atoms with Crippen LogP contribution in [0.5, 0.6) is 5.75 Å². The molecule has 2 rings (SSSR count). The van der Waals surface area contributed by atoms with Crippen LogP contribution in [0.25, 0.3) is 0 Å². The quantitative estimate of drug-likeness (QED) is 0.754. The van der Waals surface area contributed by atoms with Crippen molar-refractivity contribution in [3.8, 4) is 5.75 Å². The zero-order chi connectivity index (χ0) is 15.9. The topological polar surface area (TPSA) is 38.3 Å². The number of amides is 1. The van der Waals surface area contributed by atoms with Crippen LogP contribution in [-0.2, 0) is 0 Å². The van der Waals surface area contributed by atoms with Crippen LogP contribution in [-0.4, -0.2) is 12.5 Å². The van der Waals surface area contributed by atoms with Gasteiger partial charge in [0, 0.05) is 16.3 Å². The van der Waals surface area contributed by atoms with Crippen molar-refractivity contribution in [2.75, 3.05) is 11.9 Å². The summed E-state index contributed by atoms with van der Waals surface area (Å²) in [5, 5.41) is 3.52. The Hall–Kier alpha value is -2.00. The number of anilines is 1. The van der Waals surface area contributed by atoms with Crippen LogP contribution in [0, 0.1) is 6.92 Å². The molecule has 3 nitrogen and oxygen atoms in total. The molecule has 2 aromatic rings. The molecule has 4 heteroatoms. The second-order valence-electron chi connectivity index (χ2n) is 5.10. The lowest BCUT2D eigenvalue weighted by atomic mass is 10.1. The maximum Gasteiger partial charge on any atom is 0.255 e. The molecule has 0 saturated heterocycles. The van der Waals surface area contributed by atoms with Gasteiger partial charge in [0.15, 0.2) is 0 Å². The van der Waals surface area contributed by atoms with Gasteiger partial charge in [0.05, 0.1) is 6.61 Å². The van der Waals surface area contributed by atoms with Gasteiger partial charge in [-0.05, 0) is 49.2 Å². The van der Waals surface area contributed by atoms with Crippen LogP contribution in [0.4, 0.5) is 5.69 Å². The number of rotatable bonds is 6. The van der Waals surface area contributed by atoms with Crippen LogP contribution in [0.15, 0.2) is 42.5 Å². The van der Waals surface area contributed by atoms with Crippen molar-refractivity contribution in [3.63, 3.8) is 0 Å². The van der Waals surface area contributed by atoms with E-state index < -0.39 is 0 Å². The van der Waals surface area contributed by atoms with Gasteiger partial charge in [0.2, 0.25) is 0 Å². The lowest BCUT2D eigenvalue weighted by molar-refractivity contribution is 0.102. The van der Waals surface area contributed by atoms with E-state index in [1.165, 1.54) is 0 Å². The number of hydrogen-bond donors (Lipinski definition) is 1. The lowest BCUT2D eigenvalue weighted by Gasteiger charge is -2.11. The van der Waals surface area contributed by atoms with E-state index in [-0.39, 0.29) is 5.91 Å². The molecular weight excluding hydrogens is 298 g/mol. The molecule has 0 aliphatic heterocycles. The fourth-order valence-corrected chi connectivity index (χ4v) is 2.17. The molecule has 0 bridgehead atoms. The first-order chi connectivity index (χ1) is 10.6. The highest BCUT2D eigenvalue weighted by atomic mass is 35.5. The lowest BCUT2D eigenvalue weighted by Crippen LogP contribution is -2.13. The van der Waals surface area contributed by atoms with Crippen LogP contribution in [0.2, 0.25) is 5.02 Å². The Morgan fingerprint density at radius 1 is 1.23 bits per heavy atom. The van der Waals surface area contributed by atoms with Crippen LogP contribution < -0.4 is 10.1 Å². The molecule has 0 heterocycles. The van der Waals surface area contributed by atoms with Gasteiger partial charge < -0.3 is 10.1 Å². The molecule has 0 aromatic heterocycles. The minimum absolute atomic E-state index is 0.175. The maximum absolute atomic E-state index is 12.4. The summed E-state index contributed by atoms with van der Waals surface area (Å²) in [6.45, 7) is 4.65. The summed E-state index contributed by atoms with van der Waals surface area (Å²) in [7, 11) is 0. The molecule has 0 radical (unpaired) electrons. The number of nitrogens with one attached hydrogen (secondary N) is 1. The number of carbonyl (C=O) groups is 1. The summed E-state index contributed by atoms with van der Waals surface area (Å²) >= 11 is 6.07. The summed E-state index contributed by atoms with van der Waals surface area (Å²) in [6.07, 6.45) is 2.08. The molecule has 116 valence electrons. The molecule has 0 spiro atoms. The maximum atomic E-state index is 12.4. The summed E-state index contributed by atoms with van der Waals surface area (Å²) in [5.74, 6) is 0.537. The van der Waals surface area contributed by atoms with Crippen molar-refractivity contribution in [2.24, 2.45) is 0 Å². The zero-order valence-corrected chi connectivity index (χ0v) is 13.6. The Labute approximate surface area is 136 Å². The number of ether oxygens (including phenoxy) is 1. The SMILES string of the molecule is CCCCOc1cccc(C(=O)Nc2cccc(Cl)c2C)c1. The van der Waals surface area contributed by atoms with Crippen LogP contribution in [0.1, 0.15) is 35.7 Å². The Morgan fingerprint density at radius 2 is 2.00 bits per heavy atom. The highest BCUT2D eigenvalue weighted by Gasteiger charge is 2.10. The largest absolute Gasteiger partial charge is 0.494 e. The van der Waals surface area contributed by atoms with Gasteiger partial charge in [0.1, 0.15) is 5.75 Å². The van der Waals surface area contributed by atoms with E-state index in [0.717, 1.165) is 24.1 Å². The minimum atomic E-state index is -0.175. The number of hydrogen-bond acceptors (Lipinski definition) is 2. The van der Waals surface area contributed by atoms with Gasteiger partial charge in [-0.25, -0.2) is 0 Å². The Kier molecular flexibility index (Phi) is 5.84. The second kappa shape index (κ2) is 7.85.